The second-order valence-electron chi connectivity index (χ2n) is 7.94. The predicted molar refractivity (Wildman–Crippen MR) is 119 cm³/mol. The van der Waals surface area contributed by atoms with Crippen LogP contribution >= 0.6 is 0 Å². The first kappa shape index (κ1) is 23.4. The topological polar surface area (TPSA) is 91.6 Å². The molecular weight excluding hydrogens is 398 g/mol. The quantitative estimate of drug-likeness (QED) is 0.501. The van der Waals surface area contributed by atoms with Gasteiger partial charge < -0.3 is 29.4 Å². The Kier molecular flexibility index (Phi) is 9.02. The monoisotopic (exact) mass is 435 g/mol. The number of furan rings is 1. The van der Waals surface area contributed by atoms with Crippen molar-refractivity contribution in [3.05, 3.63) is 23.7 Å². The van der Waals surface area contributed by atoms with Crippen LogP contribution in [0.15, 0.2) is 21.5 Å². The number of nitrogens with zero attached hydrogens (tertiary/aromatic N) is 3. The van der Waals surface area contributed by atoms with Crippen molar-refractivity contribution in [2.75, 3.05) is 59.1 Å². The van der Waals surface area contributed by atoms with Crippen molar-refractivity contribution in [2.24, 2.45) is 4.99 Å². The molecule has 9 nitrogen and oxygen atoms in total. The van der Waals surface area contributed by atoms with Gasteiger partial charge in [-0.1, -0.05) is 0 Å². The molecule has 0 radical (unpaired) electrons. The van der Waals surface area contributed by atoms with Gasteiger partial charge in [-0.15, -0.1) is 0 Å². The zero-order valence-corrected chi connectivity index (χ0v) is 19.1. The van der Waals surface area contributed by atoms with E-state index in [0.29, 0.717) is 26.2 Å². The number of guanidine groups is 1. The minimum Gasteiger partial charge on any atom is -0.465 e. The third-order valence-corrected chi connectivity index (χ3v) is 5.70. The Morgan fingerprint density at radius 1 is 1.23 bits per heavy atom. The van der Waals surface area contributed by atoms with Crippen LogP contribution in [0.1, 0.15) is 44.3 Å². The van der Waals surface area contributed by atoms with Crippen molar-refractivity contribution in [3.8, 4) is 0 Å². The average molecular weight is 436 g/mol. The standard InChI is InChI=1S/C22H37N5O4/c1-4-23-21(25-18-8-10-27(11-9-18)22(28)30-5-2)24-16-19(20-7-6-17(3)31-20)26-12-14-29-15-13-26/h6-7,18-19H,4-5,8-16H2,1-3H3,(H2,23,24,25). The van der Waals surface area contributed by atoms with E-state index in [1.165, 1.54) is 0 Å². The van der Waals surface area contributed by atoms with Gasteiger partial charge in [0.1, 0.15) is 11.5 Å². The molecule has 0 aliphatic carbocycles. The maximum absolute atomic E-state index is 11.9. The van der Waals surface area contributed by atoms with Crippen molar-refractivity contribution >= 4 is 12.1 Å². The van der Waals surface area contributed by atoms with Crippen molar-refractivity contribution in [2.45, 2.75) is 45.7 Å². The van der Waals surface area contributed by atoms with Gasteiger partial charge in [0.05, 0.1) is 32.4 Å². The third-order valence-electron chi connectivity index (χ3n) is 5.70. The first-order chi connectivity index (χ1) is 15.1. The number of carbonyl (C=O) groups excluding carboxylic acids is 1. The number of aliphatic imine (C=N–C) groups is 1. The lowest BCUT2D eigenvalue weighted by Crippen LogP contribution is -2.50. The second-order valence-corrected chi connectivity index (χ2v) is 7.94. The molecular formula is C22H37N5O4. The van der Waals surface area contributed by atoms with E-state index in [2.05, 4.69) is 28.5 Å². The number of hydrogen-bond acceptors (Lipinski definition) is 6. The molecule has 2 aliphatic heterocycles. The normalized spacial score (nSPS) is 19.8. The van der Waals surface area contributed by atoms with Gasteiger partial charge in [0, 0.05) is 38.8 Å². The summed E-state index contributed by atoms with van der Waals surface area (Å²) in [6.07, 6.45) is 1.52. The molecule has 3 heterocycles. The maximum atomic E-state index is 11.9. The van der Waals surface area contributed by atoms with Crippen molar-refractivity contribution in [1.29, 1.82) is 0 Å². The van der Waals surface area contributed by atoms with Crippen LogP contribution in [0.5, 0.6) is 0 Å². The largest absolute Gasteiger partial charge is 0.465 e. The van der Waals surface area contributed by atoms with Gasteiger partial charge in [0.15, 0.2) is 5.96 Å². The smallest absolute Gasteiger partial charge is 0.409 e. The van der Waals surface area contributed by atoms with E-state index in [-0.39, 0.29) is 18.2 Å². The fourth-order valence-corrected chi connectivity index (χ4v) is 4.02. The van der Waals surface area contributed by atoms with Crippen LogP contribution in [0, 0.1) is 6.92 Å². The van der Waals surface area contributed by atoms with Crippen LogP contribution in [0.25, 0.3) is 0 Å². The first-order valence-corrected chi connectivity index (χ1v) is 11.4. The minimum absolute atomic E-state index is 0.0821. The molecule has 174 valence electrons. The number of nitrogens with one attached hydrogen (secondary N) is 2. The summed E-state index contributed by atoms with van der Waals surface area (Å²) in [6, 6.07) is 4.42. The third kappa shape index (κ3) is 6.87. The molecule has 3 rings (SSSR count). The number of amides is 1. The number of aryl methyl sites for hydroxylation is 1. The van der Waals surface area contributed by atoms with Crippen LogP contribution in [0.4, 0.5) is 4.79 Å². The zero-order valence-electron chi connectivity index (χ0n) is 19.1. The molecule has 2 saturated heterocycles. The molecule has 2 fully saturated rings. The number of ether oxygens (including phenoxy) is 2. The minimum atomic E-state index is -0.219. The maximum Gasteiger partial charge on any atom is 0.409 e. The van der Waals surface area contributed by atoms with E-state index in [4.69, 9.17) is 18.9 Å². The number of carbonyl (C=O) groups is 1. The van der Waals surface area contributed by atoms with Crippen LogP contribution < -0.4 is 10.6 Å². The molecule has 2 N–H and O–H groups in total. The first-order valence-electron chi connectivity index (χ1n) is 11.4. The fourth-order valence-electron chi connectivity index (χ4n) is 4.02. The second kappa shape index (κ2) is 12.0. The summed E-state index contributed by atoms with van der Waals surface area (Å²) in [6.45, 7) is 12.3. The highest BCUT2D eigenvalue weighted by Gasteiger charge is 2.26. The molecule has 2 aliphatic rings. The molecule has 1 aromatic heterocycles. The summed E-state index contributed by atoms with van der Waals surface area (Å²) in [7, 11) is 0. The van der Waals surface area contributed by atoms with Crippen LogP contribution in [-0.2, 0) is 9.47 Å². The lowest BCUT2D eigenvalue weighted by molar-refractivity contribution is 0.0135. The van der Waals surface area contributed by atoms with Crippen LogP contribution in [0.2, 0.25) is 0 Å². The van der Waals surface area contributed by atoms with Gasteiger partial charge in [-0.2, -0.15) is 0 Å². The lowest BCUT2D eigenvalue weighted by atomic mass is 10.1. The Labute approximate surface area is 185 Å². The van der Waals surface area contributed by atoms with Gasteiger partial charge in [-0.25, -0.2) is 4.79 Å². The molecule has 0 spiro atoms. The Hall–Kier alpha value is -2.26. The summed E-state index contributed by atoms with van der Waals surface area (Å²) in [5.74, 6) is 2.66. The van der Waals surface area contributed by atoms with Gasteiger partial charge in [-0.3, -0.25) is 9.89 Å². The molecule has 31 heavy (non-hydrogen) atoms. The molecule has 1 aromatic rings. The van der Waals surface area contributed by atoms with Gasteiger partial charge >= 0.3 is 6.09 Å². The Morgan fingerprint density at radius 3 is 2.58 bits per heavy atom. The fraction of sp³-hybridized carbons (Fsp3) is 0.727. The molecule has 1 amide bonds. The number of morpholine rings is 1. The summed E-state index contributed by atoms with van der Waals surface area (Å²) in [5, 5.41) is 6.91. The van der Waals surface area contributed by atoms with E-state index in [1.54, 1.807) is 4.90 Å². The molecule has 1 unspecified atom stereocenters. The van der Waals surface area contributed by atoms with E-state index in [1.807, 2.05) is 19.9 Å². The van der Waals surface area contributed by atoms with Crippen molar-refractivity contribution in [3.63, 3.8) is 0 Å². The van der Waals surface area contributed by atoms with E-state index < -0.39 is 0 Å². The Bertz CT molecular complexity index is 709. The molecule has 9 heteroatoms. The average Bonchev–Trinajstić information content (AvgIpc) is 3.21. The number of piperidine rings is 1. The Morgan fingerprint density at radius 2 is 1.97 bits per heavy atom. The van der Waals surface area contributed by atoms with Crippen LogP contribution in [0.3, 0.4) is 0 Å². The Balaban J connectivity index is 1.61. The summed E-state index contributed by atoms with van der Waals surface area (Å²) < 4.78 is 16.6. The summed E-state index contributed by atoms with van der Waals surface area (Å²) in [4.78, 5) is 21.0. The molecule has 0 saturated carbocycles. The van der Waals surface area contributed by atoms with Crippen molar-refractivity contribution in [1.82, 2.24) is 20.4 Å². The van der Waals surface area contributed by atoms with Crippen molar-refractivity contribution < 1.29 is 18.7 Å². The zero-order chi connectivity index (χ0) is 22.1. The van der Waals surface area contributed by atoms with Gasteiger partial charge in [0.2, 0.25) is 0 Å². The highest BCUT2D eigenvalue weighted by molar-refractivity contribution is 5.80. The van der Waals surface area contributed by atoms with Crippen LogP contribution in [-0.4, -0.2) is 87.0 Å². The number of likely N-dealkylation sites (tertiary alicyclic amines) is 1. The van der Waals surface area contributed by atoms with E-state index in [0.717, 1.165) is 63.2 Å². The highest BCUT2D eigenvalue weighted by atomic mass is 16.6. The predicted octanol–water partition coefficient (Wildman–Crippen LogP) is 2.14. The number of hydrogen-bond donors (Lipinski definition) is 2. The summed E-state index contributed by atoms with van der Waals surface area (Å²) >= 11 is 0. The molecule has 0 aromatic carbocycles. The number of rotatable bonds is 7. The summed E-state index contributed by atoms with van der Waals surface area (Å²) in [5.41, 5.74) is 0. The lowest BCUT2D eigenvalue weighted by Gasteiger charge is -2.33. The SMILES string of the molecule is CCNC(=NCC(c1ccc(C)o1)N1CCOCC1)NC1CCN(C(=O)OCC)CC1. The van der Waals surface area contributed by atoms with Gasteiger partial charge in [-0.05, 0) is 45.7 Å². The highest BCUT2D eigenvalue weighted by Crippen LogP contribution is 2.24. The molecule has 0 bridgehead atoms. The van der Waals surface area contributed by atoms with E-state index >= 15 is 0 Å². The van der Waals surface area contributed by atoms with Gasteiger partial charge in [0.25, 0.3) is 0 Å². The van der Waals surface area contributed by atoms with E-state index in [9.17, 15) is 4.79 Å². The molecule has 1 atom stereocenters.